The Labute approximate surface area is 97.6 Å². The number of hydrogen-bond donors (Lipinski definition) is 0. The molecule has 0 aliphatic carbocycles. The zero-order valence-corrected chi connectivity index (χ0v) is 10.2. The number of unbranched alkanes of at least 4 members (excludes halogenated alkanes) is 7. The number of ether oxygens (including phenoxy) is 1. The predicted molar refractivity (Wildman–Crippen MR) is 63.3 cm³/mol. The number of nitrogens with zero attached hydrogens (tertiary/aromatic N) is 2. The molecule has 0 rings (SSSR count). The van der Waals surface area contributed by atoms with E-state index in [1.54, 1.807) is 0 Å². The van der Waals surface area contributed by atoms with Crippen molar-refractivity contribution in [3.05, 3.63) is 5.53 Å². The fourth-order valence-electron chi connectivity index (χ4n) is 1.49. The number of esters is 1. The van der Waals surface area contributed by atoms with Gasteiger partial charge < -0.3 is 10.3 Å². The Bertz CT molecular complexity index is 223. The van der Waals surface area contributed by atoms with Crippen LogP contribution in [0, 0.1) is 0 Å². The largest absolute Gasteiger partial charge is 0.457 e. The fourth-order valence-corrected chi connectivity index (χ4v) is 1.49. The lowest BCUT2D eigenvalue weighted by Gasteiger charge is -2.01. The average Bonchev–Trinajstić information content (AvgIpc) is 2.27. The van der Waals surface area contributed by atoms with E-state index < -0.39 is 5.97 Å². The third-order valence-electron chi connectivity index (χ3n) is 2.41. The number of rotatable bonds is 10. The Morgan fingerprint density at radius 3 is 2.25 bits per heavy atom. The topological polar surface area (TPSA) is 62.7 Å². The summed E-state index contributed by atoms with van der Waals surface area (Å²) in [5, 5.41) is 0. The van der Waals surface area contributed by atoms with Crippen molar-refractivity contribution >= 4 is 12.2 Å². The molecule has 0 aliphatic rings. The van der Waals surface area contributed by atoms with Gasteiger partial charge in [-0.1, -0.05) is 51.9 Å². The van der Waals surface area contributed by atoms with Crippen LogP contribution in [0.4, 0.5) is 0 Å². The zero-order valence-electron chi connectivity index (χ0n) is 10.2. The van der Waals surface area contributed by atoms with Gasteiger partial charge in [-0.25, -0.2) is 4.79 Å². The molecule has 0 aromatic carbocycles. The van der Waals surface area contributed by atoms with Crippen LogP contribution >= 0.6 is 0 Å². The molecule has 0 unspecified atom stereocenters. The fraction of sp³-hybridized carbons (Fsp3) is 0.833. The second kappa shape index (κ2) is 11.9. The first kappa shape index (κ1) is 14.8. The Morgan fingerprint density at radius 1 is 1.12 bits per heavy atom. The van der Waals surface area contributed by atoms with Crippen molar-refractivity contribution < 1.29 is 14.3 Å². The zero-order chi connectivity index (χ0) is 12.1. The van der Waals surface area contributed by atoms with Crippen LogP contribution in [0.5, 0.6) is 0 Å². The molecule has 0 aromatic heterocycles. The van der Waals surface area contributed by atoms with E-state index in [0.717, 1.165) is 19.1 Å². The van der Waals surface area contributed by atoms with E-state index in [9.17, 15) is 4.79 Å². The van der Waals surface area contributed by atoms with Gasteiger partial charge in [-0.3, -0.25) is 0 Å². The Morgan fingerprint density at radius 2 is 1.69 bits per heavy atom. The highest BCUT2D eigenvalue weighted by Crippen LogP contribution is 2.08. The summed E-state index contributed by atoms with van der Waals surface area (Å²) >= 11 is 0. The molecule has 16 heavy (non-hydrogen) atoms. The first-order valence-electron chi connectivity index (χ1n) is 6.15. The van der Waals surface area contributed by atoms with Crippen LogP contribution in [0.1, 0.15) is 58.3 Å². The molecule has 0 fully saturated rings. The van der Waals surface area contributed by atoms with Gasteiger partial charge in [-0.2, -0.15) is 4.79 Å². The second-order valence-corrected chi connectivity index (χ2v) is 3.89. The van der Waals surface area contributed by atoms with E-state index in [-0.39, 0.29) is 0 Å². The lowest BCUT2D eigenvalue weighted by atomic mass is 10.1. The highest BCUT2D eigenvalue weighted by Gasteiger charge is 2.01. The highest BCUT2D eigenvalue weighted by atomic mass is 16.5. The molecule has 0 atom stereocenters. The van der Waals surface area contributed by atoms with Crippen molar-refractivity contribution in [1.82, 2.24) is 0 Å². The van der Waals surface area contributed by atoms with Gasteiger partial charge in [0.15, 0.2) is 0 Å². The van der Waals surface area contributed by atoms with Gasteiger partial charge in [-0.15, -0.1) is 0 Å². The standard InChI is InChI=1S/C12H22N2O2/c1-2-3-4-5-6-7-8-9-10-16-12(15)11-14-13/h11H,2-10H2,1H3. The van der Waals surface area contributed by atoms with E-state index in [2.05, 4.69) is 11.7 Å². The molecule has 0 radical (unpaired) electrons. The molecule has 4 heteroatoms. The summed E-state index contributed by atoms with van der Waals surface area (Å²) in [5.41, 5.74) is 8.05. The van der Waals surface area contributed by atoms with E-state index in [4.69, 9.17) is 10.3 Å². The molecule has 0 spiro atoms. The summed E-state index contributed by atoms with van der Waals surface area (Å²) in [6, 6.07) is 0. The maximum atomic E-state index is 10.7. The van der Waals surface area contributed by atoms with E-state index >= 15 is 0 Å². The summed E-state index contributed by atoms with van der Waals surface area (Å²) in [4.78, 5) is 13.3. The minimum atomic E-state index is -0.578. The van der Waals surface area contributed by atoms with Gasteiger partial charge >= 0.3 is 12.2 Å². The van der Waals surface area contributed by atoms with Gasteiger partial charge in [0.05, 0.1) is 6.61 Å². The Hall–Kier alpha value is -1.15. The van der Waals surface area contributed by atoms with Crippen LogP contribution in [-0.4, -0.2) is 23.6 Å². The first-order chi connectivity index (χ1) is 7.81. The first-order valence-corrected chi connectivity index (χ1v) is 6.15. The summed E-state index contributed by atoms with van der Waals surface area (Å²) in [6.45, 7) is 2.63. The lowest BCUT2D eigenvalue weighted by molar-refractivity contribution is -0.139. The lowest BCUT2D eigenvalue weighted by Crippen LogP contribution is -2.07. The monoisotopic (exact) mass is 226 g/mol. The summed E-state index contributed by atoms with van der Waals surface area (Å²) < 4.78 is 4.78. The predicted octanol–water partition coefficient (Wildman–Crippen LogP) is 2.97. The molecule has 92 valence electrons. The molecular weight excluding hydrogens is 204 g/mol. The van der Waals surface area contributed by atoms with E-state index in [1.807, 2.05) is 0 Å². The van der Waals surface area contributed by atoms with E-state index in [1.165, 1.54) is 38.5 Å². The molecule has 4 nitrogen and oxygen atoms in total. The quantitative estimate of drug-likeness (QED) is 0.189. The van der Waals surface area contributed by atoms with Gasteiger partial charge in [-0.05, 0) is 6.42 Å². The number of hydrogen-bond acceptors (Lipinski definition) is 2. The average molecular weight is 226 g/mol. The van der Waals surface area contributed by atoms with Crippen molar-refractivity contribution in [1.29, 1.82) is 0 Å². The molecule has 0 N–H and O–H groups in total. The normalized spacial score (nSPS) is 9.56. The van der Waals surface area contributed by atoms with Crippen molar-refractivity contribution in [3.8, 4) is 0 Å². The van der Waals surface area contributed by atoms with Gasteiger partial charge in [0.25, 0.3) is 0 Å². The molecule has 0 aliphatic heterocycles. The molecular formula is C12H22N2O2. The van der Waals surface area contributed by atoms with Crippen molar-refractivity contribution in [2.45, 2.75) is 58.3 Å². The SMILES string of the molecule is CCCCCCCCCCOC(=O)C=[N+]=[N-]. The minimum Gasteiger partial charge on any atom is -0.457 e. The van der Waals surface area contributed by atoms with Crippen LogP contribution in [0.25, 0.3) is 5.53 Å². The summed E-state index contributed by atoms with van der Waals surface area (Å²) in [6.07, 6.45) is 10.5. The maximum Gasteiger partial charge on any atom is 0.413 e. The summed E-state index contributed by atoms with van der Waals surface area (Å²) in [7, 11) is 0. The van der Waals surface area contributed by atoms with Gasteiger partial charge in [0, 0.05) is 0 Å². The van der Waals surface area contributed by atoms with Crippen LogP contribution in [0.3, 0.4) is 0 Å². The Kier molecular flexibility index (Phi) is 11.1. The number of carbonyl (C=O) groups excluding carboxylic acids is 1. The van der Waals surface area contributed by atoms with Gasteiger partial charge in [0.2, 0.25) is 0 Å². The molecule has 0 saturated heterocycles. The van der Waals surface area contributed by atoms with Gasteiger partial charge in [0.1, 0.15) is 0 Å². The maximum absolute atomic E-state index is 10.7. The van der Waals surface area contributed by atoms with Crippen LogP contribution in [-0.2, 0) is 9.53 Å². The van der Waals surface area contributed by atoms with Crippen LogP contribution in [0.15, 0.2) is 0 Å². The van der Waals surface area contributed by atoms with Crippen molar-refractivity contribution in [2.75, 3.05) is 6.61 Å². The number of carbonyl (C=O) groups is 1. The Balaban J connectivity index is 3.09. The van der Waals surface area contributed by atoms with Crippen LogP contribution < -0.4 is 0 Å². The third-order valence-corrected chi connectivity index (χ3v) is 2.41. The smallest absolute Gasteiger partial charge is 0.413 e. The molecule has 0 aromatic rings. The summed E-state index contributed by atoms with van der Waals surface area (Å²) in [5.74, 6) is -0.578. The highest BCUT2D eigenvalue weighted by molar-refractivity contribution is 6.20. The molecule has 0 heterocycles. The van der Waals surface area contributed by atoms with Crippen molar-refractivity contribution in [3.63, 3.8) is 0 Å². The van der Waals surface area contributed by atoms with E-state index in [0.29, 0.717) is 6.61 Å². The molecule has 0 bridgehead atoms. The van der Waals surface area contributed by atoms with Crippen LogP contribution in [0.2, 0.25) is 0 Å². The molecule has 0 saturated carbocycles. The molecule has 0 amide bonds. The van der Waals surface area contributed by atoms with Crippen molar-refractivity contribution in [2.24, 2.45) is 0 Å². The third kappa shape index (κ3) is 10.9. The minimum absolute atomic E-state index is 0.416. The second-order valence-electron chi connectivity index (χ2n) is 3.89.